The van der Waals surface area contributed by atoms with Crippen LogP contribution in [0.4, 0.5) is 15.8 Å². The molecule has 0 bridgehead atoms. The van der Waals surface area contributed by atoms with Crippen LogP contribution < -0.4 is 10.6 Å². The molecule has 0 radical (unpaired) electrons. The fourth-order valence-corrected chi connectivity index (χ4v) is 2.11. The molecular weight excluding hydrogens is 295 g/mol. The van der Waals surface area contributed by atoms with E-state index in [4.69, 9.17) is 0 Å². The Morgan fingerprint density at radius 3 is 2.35 bits per heavy atom. The van der Waals surface area contributed by atoms with E-state index in [1.807, 2.05) is 6.92 Å². The molecule has 5 heteroatoms. The number of amides is 2. The second kappa shape index (κ2) is 7.05. The normalized spacial score (nSPS) is 10.3. The van der Waals surface area contributed by atoms with E-state index in [1.54, 1.807) is 32.0 Å². The lowest BCUT2D eigenvalue weighted by Gasteiger charge is -2.11. The number of halogens is 1. The number of aryl methyl sites for hydroxylation is 2. The van der Waals surface area contributed by atoms with Crippen molar-refractivity contribution in [3.63, 3.8) is 0 Å². The van der Waals surface area contributed by atoms with E-state index in [0.717, 1.165) is 5.56 Å². The maximum Gasteiger partial charge on any atom is 0.255 e. The third-order valence-corrected chi connectivity index (χ3v) is 3.50. The second-order valence-corrected chi connectivity index (χ2v) is 5.35. The summed E-state index contributed by atoms with van der Waals surface area (Å²) in [6, 6.07) is 9.49. The van der Waals surface area contributed by atoms with E-state index in [-0.39, 0.29) is 17.6 Å². The van der Waals surface area contributed by atoms with Gasteiger partial charge in [-0.2, -0.15) is 0 Å². The van der Waals surface area contributed by atoms with Gasteiger partial charge < -0.3 is 10.6 Å². The van der Waals surface area contributed by atoms with Crippen molar-refractivity contribution in [1.82, 2.24) is 0 Å². The molecule has 2 aromatic rings. The summed E-state index contributed by atoms with van der Waals surface area (Å²) in [6.45, 7) is 5.23. The Morgan fingerprint density at radius 2 is 1.74 bits per heavy atom. The van der Waals surface area contributed by atoms with E-state index in [9.17, 15) is 14.0 Å². The Hall–Kier alpha value is -2.69. The van der Waals surface area contributed by atoms with Crippen LogP contribution in [0.15, 0.2) is 36.4 Å². The number of hydrogen-bond donors (Lipinski definition) is 2. The van der Waals surface area contributed by atoms with Crippen molar-refractivity contribution in [3.05, 3.63) is 58.9 Å². The predicted molar refractivity (Wildman–Crippen MR) is 89.2 cm³/mol. The summed E-state index contributed by atoms with van der Waals surface area (Å²) in [5, 5.41) is 5.56. The molecule has 2 aromatic carbocycles. The molecule has 0 saturated heterocycles. The van der Waals surface area contributed by atoms with Gasteiger partial charge in [0.15, 0.2) is 0 Å². The van der Waals surface area contributed by atoms with Gasteiger partial charge in [0.2, 0.25) is 5.91 Å². The third kappa shape index (κ3) is 4.16. The summed E-state index contributed by atoms with van der Waals surface area (Å²) in [5.41, 5.74) is 2.97. The van der Waals surface area contributed by atoms with Crippen molar-refractivity contribution in [2.75, 3.05) is 10.6 Å². The molecule has 4 nitrogen and oxygen atoms in total. The first-order valence-corrected chi connectivity index (χ1v) is 7.38. The van der Waals surface area contributed by atoms with Gasteiger partial charge in [-0.1, -0.05) is 6.92 Å². The molecule has 0 saturated carbocycles. The van der Waals surface area contributed by atoms with E-state index >= 15 is 0 Å². The van der Waals surface area contributed by atoms with Crippen molar-refractivity contribution in [2.45, 2.75) is 27.2 Å². The topological polar surface area (TPSA) is 58.2 Å². The lowest BCUT2D eigenvalue weighted by Crippen LogP contribution is -2.14. The molecule has 0 aliphatic carbocycles. The first-order valence-electron chi connectivity index (χ1n) is 7.38. The Bertz CT molecular complexity index is 757. The Labute approximate surface area is 134 Å². The highest BCUT2D eigenvalue weighted by Gasteiger charge is 2.10. The van der Waals surface area contributed by atoms with E-state index in [0.29, 0.717) is 28.9 Å². The average molecular weight is 314 g/mol. The van der Waals surface area contributed by atoms with Crippen LogP contribution in [0.5, 0.6) is 0 Å². The molecule has 0 aromatic heterocycles. The van der Waals surface area contributed by atoms with E-state index < -0.39 is 0 Å². The third-order valence-electron chi connectivity index (χ3n) is 3.50. The molecule has 0 spiro atoms. The van der Waals surface area contributed by atoms with Gasteiger partial charge in [-0.25, -0.2) is 4.39 Å². The van der Waals surface area contributed by atoms with Gasteiger partial charge in [0.05, 0.1) is 0 Å². The van der Waals surface area contributed by atoms with Crippen LogP contribution in [0.25, 0.3) is 0 Å². The molecule has 23 heavy (non-hydrogen) atoms. The highest BCUT2D eigenvalue weighted by atomic mass is 19.1. The van der Waals surface area contributed by atoms with Crippen LogP contribution in [0.3, 0.4) is 0 Å². The summed E-state index contributed by atoms with van der Waals surface area (Å²) >= 11 is 0. The monoisotopic (exact) mass is 314 g/mol. The molecule has 2 N–H and O–H groups in total. The summed E-state index contributed by atoms with van der Waals surface area (Å²) in [4.78, 5) is 23.6. The number of nitrogens with one attached hydrogen (secondary N) is 2. The lowest BCUT2D eigenvalue weighted by molar-refractivity contribution is -0.115. The lowest BCUT2D eigenvalue weighted by atomic mass is 10.1. The number of benzene rings is 2. The predicted octanol–water partition coefficient (Wildman–Crippen LogP) is 4.04. The van der Waals surface area contributed by atoms with E-state index in [1.165, 1.54) is 18.2 Å². The minimum Gasteiger partial charge on any atom is -0.326 e. The summed E-state index contributed by atoms with van der Waals surface area (Å²) in [6.07, 6.45) is 0.404. The van der Waals surface area contributed by atoms with Gasteiger partial charge in [0.1, 0.15) is 5.82 Å². The standard InChI is InChI=1S/C18H19FN2O2/c1-4-17(22)20-14-6-8-16(12(3)10-14)21-18(23)13-5-7-15(19)11(2)9-13/h5-10H,4H2,1-3H3,(H,20,22)(H,21,23). The number of hydrogen-bond acceptors (Lipinski definition) is 2. The Morgan fingerprint density at radius 1 is 1.00 bits per heavy atom. The van der Waals surface area contributed by atoms with Crippen molar-refractivity contribution >= 4 is 23.2 Å². The quantitative estimate of drug-likeness (QED) is 0.894. The minimum atomic E-state index is -0.339. The molecule has 0 atom stereocenters. The van der Waals surface area contributed by atoms with Crippen LogP contribution in [-0.4, -0.2) is 11.8 Å². The fourth-order valence-electron chi connectivity index (χ4n) is 2.11. The van der Waals surface area contributed by atoms with Crippen LogP contribution >= 0.6 is 0 Å². The van der Waals surface area contributed by atoms with Crippen molar-refractivity contribution in [1.29, 1.82) is 0 Å². The highest BCUT2D eigenvalue weighted by Crippen LogP contribution is 2.21. The SMILES string of the molecule is CCC(=O)Nc1ccc(NC(=O)c2ccc(F)c(C)c2)c(C)c1. The van der Waals surface area contributed by atoms with E-state index in [2.05, 4.69) is 10.6 Å². The first kappa shape index (κ1) is 16.7. The largest absolute Gasteiger partial charge is 0.326 e. The molecule has 0 aliphatic heterocycles. The average Bonchev–Trinajstić information content (AvgIpc) is 2.52. The molecule has 0 heterocycles. The number of carbonyl (C=O) groups is 2. The highest BCUT2D eigenvalue weighted by molar-refractivity contribution is 6.05. The van der Waals surface area contributed by atoms with Gasteiger partial charge in [-0.05, 0) is 61.4 Å². The zero-order valence-corrected chi connectivity index (χ0v) is 13.4. The molecular formula is C18H19FN2O2. The minimum absolute atomic E-state index is 0.0667. The molecule has 0 unspecified atom stereocenters. The van der Waals surface area contributed by atoms with Crippen molar-refractivity contribution < 1.29 is 14.0 Å². The number of carbonyl (C=O) groups excluding carboxylic acids is 2. The van der Waals surface area contributed by atoms with Crippen LogP contribution in [0.2, 0.25) is 0 Å². The molecule has 120 valence electrons. The molecule has 0 aliphatic rings. The Kier molecular flexibility index (Phi) is 5.11. The van der Waals surface area contributed by atoms with Gasteiger partial charge >= 0.3 is 0 Å². The van der Waals surface area contributed by atoms with Crippen molar-refractivity contribution in [2.24, 2.45) is 0 Å². The summed E-state index contributed by atoms with van der Waals surface area (Å²) in [7, 11) is 0. The molecule has 2 rings (SSSR count). The summed E-state index contributed by atoms with van der Waals surface area (Å²) < 4.78 is 13.3. The first-order chi connectivity index (χ1) is 10.9. The smallest absolute Gasteiger partial charge is 0.255 e. The van der Waals surface area contributed by atoms with Gasteiger partial charge in [-0.15, -0.1) is 0 Å². The van der Waals surface area contributed by atoms with Gasteiger partial charge in [-0.3, -0.25) is 9.59 Å². The van der Waals surface area contributed by atoms with Crippen LogP contribution in [-0.2, 0) is 4.79 Å². The second-order valence-electron chi connectivity index (χ2n) is 5.35. The number of anilines is 2. The maximum atomic E-state index is 13.3. The maximum absolute atomic E-state index is 13.3. The van der Waals surface area contributed by atoms with Crippen LogP contribution in [0, 0.1) is 19.7 Å². The van der Waals surface area contributed by atoms with Crippen LogP contribution in [0.1, 0.15) is 34.8 Å². The van der Waals surface area contributed by atoms with Gasteiger partial charge in [0.25, 0.3) is 5.91 Å². The molecule has 0 fully saturated rings. The fraction of sp³-hybridized carbons (Fsp3) is 0.222. The summed E-state index contributed by atoms with van der Waals surface area (Å²) in [5.74, 6) is -0.710. The zero-order chi connectivity index (χ0) is 17.0. The Balaban J connectivity index is 2.14. The zero-order valence-electron chi connectivity index (χ0n) is 13.4. The van der Waals surface area contributed by atoms with Crippen molar-refractivity contribution in [3.8, 4) is 0 Å². The molecule has 2 amide bonds. The number of rotatable bonds is 4. The van der Waals surface area contributed by atoms with Gasteiger partial charge in [0, 0.05) is 23.4 Å².